The molecule has 15 heavy (non-hydrogen) atoms. The van der Waals surface area contributed by atoms with Gasteiger partial charge in [-0.3, -0.25) is 0 Å². The molecular weight excluding hydrogens is 204 g/mol. The quantitative estimate of drug-likeness (QED) is 0.769. The minimum atomic E-state index is 0.493. The van der Waals surface area contributed by atoms with Gasteiger partial charge in [0.25, 0.3) is 0 Å². The minimum absolute atomic E-state index is 0.493. The number of nitriles is 1. The van der Waals surface area contributed by atoms with Gasteiger partial charge in [0.05, 0.1) is 27.7 Å². The van der Waals surface area contributed by atoms with Crippen molar-refractivity contribution < 1.29 is 0 Å². The first-order valence-electron chi connectivity index (χ1n) is 5.13. The molecule has 1 aliphatic rings. The molecule has 0 aliphatic heterocycles. The van der Waals surface area contributed by atoms with E-state index in [-0.39, 0.29) is 0 Å². The van der Waals surface area contributed by atoms with Crippen molar-refractivity contribution in [2.24, 2.45) is 0 Å². The molecule has 1 aromatic heterocycles. The molecule has 0 radical (unpaired) electrons. The van der Waals surface area contributed by atoms with Crippen LogP contribution in [0, 0.1) is 11.3 Å². The van der Waals surface area contributed by atoms with Gasteiger partial charge in [-0.05, 0) is 30.5 Å². The SMILES string of the molecule is N#CCc1ccc2nc(C3CC3)sc2c1. The van der Waals surface area contributed by atoms with Gasteiger partial charge in [0.1, 0.15) is 0 Å². The Bertz CT molecular complexity index is 546. The normalized spacial score (nSPS) is 15.4. The average molecular weight is 214 g/mol. The van der Waals surface area contributed by atoms with Crippen molar-refractivity contribution in [1.82, 2.24) is 4.98 Å². The number of benzene rings is 1. The van der Waals surface area contributed by atoms with Crippen LogP contribution >= 0.6 is 11.3 Å². The maximum absolute atomic E-state index is 8.63. The molecule has 1 aromatic carbocycles. The molecule has 1 heterocycles. The second-order valence-corrected chi connectivity index (χ2v) is 5.03. The van der Waals surface area contributed by atoms with Gasteiger partial charge in [-0.2, -0.15) is 5.26 Å². The molecule has 0 N–H and O–H groups in total. The zero-order chi connectivity index (χ0) is 10.3. The molecular formula is C12H10N2S. The first-order chi connectivity index (χ1) is 7.36. The number of hydrogen-bond donors (Lipinski definition) is 0. The molecule has 0 bridgehead atoms. The van der Waals surface area contributed by atoms with Gasteiger partial charge in [-0.15, -0.1) is 11.3 Å². The van der Waals surface area contributed by atoms with Crippen LogP contribution in [0.4, 0.5) is 0 Å². The fourth-order valence-corrected chi connectivity index (χ4v) is 2.89. The highest BCUT2D eigenvalue weighted by atomic mass is 32.1. The summed E-state index contributed by atoms with van der Waals surface area (Å²) in [5.74, 6) is 0.724. The number of aromatic nitrogens is 1. The smallest absolute Gasteiger partial charge is 0.0969 e. The summed E-state index contributed by atoms with van der Waals surface area (Å²) in [6, 6.07) is 8.31. The van der Waals surface area contributed by atoms with Gasteiger partial charge in [0.2, 0.25) is 0 Å². The van der Waals surface area contributed by atoms with Crippen LogP contribution < -0.4 is 0 Å². The monoisotopic (exact) mass is 214 g/mol. The van der Waals surface area contributed by atoms with Crippen molar-refractivity contribution in [3.05, 3.63) is 28.8 Å². The number of nitrogens with zero attached hydrogens (tertiary/aromatic N) is 2. The largest absolute Gasteiger partial charge is 0.241 e. The minimum Gasteiger partial charge on any atom is -0.241 e. The zero-order valence-electron chi connectivity index (χ0n) is 8.23. The van der Waals surface area contributed by atoms with Gasteiger partial charge >= 0.3 is 0 Å². The van der Waals surface area contributed by atoms with Gasteiger partial charge < -0.3 is 0 Å². The van der Waals surface area contributed by atoms with E-state index in [0.717, 1.165) is 17.0 Å². The van der Waals surface area contributed by atoms with Crippen molar-refractivity contribution in [2.75, 3.05) is 0 Å². The van der Waals surface area contributed by atoms with Crippen LogP contribution in [-0.2, 0) is 6.42 Å². The standard InChI is InChI=1S/C12H10N2S/c13-6-5-8-1-4-10-11(7-8)15-12(14-10)9-2-3-9/h1,4,7,9H,2-3,5H2. The second-order valence-electron chi connectivity index (χ2n) is 3.96. The van der Waals surface area contributed by atoms with Crippen LogP contribution in [-0.4, -0.2) is 4.98 Å². The summed E-state index contributed by atoms with van der Waals surface area (Å²) in [7, 11) is 0. The first-order valence-corrected chi connectivity index (χ1v) is 5.95. The lowest BCUT2D eigenvalue weighted by molar-refractivity contribution is 1.10. The van der Waals surface area contributed by atoms with E-state index in [1.807, 2.05) is 12.1 Å². The van der Waals surface area contributed by atoms with Crippen LogP contribution in [0.15, 0.2) is 18.2 Å². The Labute approximate surface area is 92.2 Å². The van der Waals surface area contributed by atoms with Crippen molar-refractivity contribution in [1.29, 1.82) is 5.26 Å². The average Bonchev–Trinajstić information content (AvgIpc) is 2.99. The molecule has 2 nitrogen and oxygen atoms in total. The number of hydrogen-bond acceptors (Lipinski definition) is 3. The summed E-state index contributed by atoms with van der Waals surface area (Å²) in [5, 5.41) is 9.91. The molecule has 0 spiro atoms. The Kier molecular flexibility index (Phi) is 1.96. The lowest BCUT2D eigenvalue weighted by Gasteiger charge is -1.92. The van der Waals surface area contributed by atoms with Crippen LogP contribution in [0.25, 0.3) is 10.2 Å². The van der Waals surface area contributed by atoms with Crippen LogP contribution in [0.2, 0.25) is 0 Å². The Balaban J connectivity index is 2.06. The molecule has 2 aromatic rings. The maximum Gasteiger partial charge on any atom is 0.0969 e. The third-order valence-corrected chi connectivity index (χ3v) is 3.86. The summed E-state index contributed by atoms with van der Waals surface area (Å²) >= 11 is 1.79. The topological polar surface area (TPSA) is 36.7 Å². The van der Waals surface area contributed by atoms with E-state index in [1.165, 1.54) is 22.5 Å². The van der Waals surface area contributed by atoms with Gasteiger partial charge in [-0.1, -0.05) is 6.07 Å². The first kappa shape index (κ1) is 8.87. The predicted molar refractivity (Wildman–Crippen MR) is 60.9 cm³/mol. The van der Waals surface area contributed by atoms with Gasteiger partial charge in [0, 0.05) is 5.92 Å². The third-order valence-electron chi connectivity index (χ3n) is 2.68. The summed E-state index contributed by atoms with van der Waals surface area (Å²) < 4.78 is 1.23. The lowest BCUT2D eigenvalue weighted by atomic mass is 10.2. The molecule has 3 rings (SSSR count). The van der Waals surface area contributed by atoms with Gasteiger partial charge in [0.15, 0.2) is 0 Å². The summed E-state index contributed by atoms with van der Waals surface area (Å²) in [6.45, 7) is 0. The lowest BCUT2D eigenvalue weighted by Crippen LogP contribution is -1.79. The highest BCUT2D eigenvalue weighted by Crippen LogP contribution is 2.43. The Hall–Kier alpha value is -1.40. The predicted octanol–water partition coefficient (Wildman–Crippen LogP) is 3.24. The summed E-state index contributed by atoms with van der Waals surface area (Å²) in [6.07, 6.45) is 3.09. The molecule has 3 heteroatoms. The second kappa shape index (κ2) is 3.32. The van der Waals surface area contributed by atoms with E-state index >= 15 is 0 Å². The number of rotatable bonds is 2. The fourth-order valence-electron chi connectivity index (χ4n) is 1.69. The summed E-state index contributed by atoms with van der Waals surface area (Å²) in [5.41, 5.74) is 2.18. The molecule has 0 atom stereocenters. The fraction of sp³-hybridized carbons (Fsp3) is 0.333. The molecule has 74 valence electrons. The number of thiazole rings is 1. The van der Waals surface area contributed by atoms with E-state index < -0.39 is 0 Å². The van der Waals surface area contributed by atoms with Gasteiger partial charge in [-0.25, -0.2) is 4.98 Å². The Morgan fingerprint density at radius 2 is 2.33 bits per heavy atom. The van der Waals surface area contributed by atoms with Crippen molar-refractivity contribution >= 4 is 21.6 Å². The molecule has 0 amide bonds. The molecule has 1 saturated carbocycles. The van der Waals surface area contributed by atoms with Crippen molar-refractivity contribution in [3.8, 4) is 6.07 Å². The van der Waals surface area contributed by atoms with E-state index in [1.54, 1.807) is 11.3 Å². The Morgan fingerprint density at radius 1 is 1.47 bits per heavy atom. The molecule has 1 fully saturated rings. The van der Waals surface area contributed by atoms with Crippen LogP contribution in [0.1, 0.15) is 29.3 Å². The molecule has 0 unspecified atom stereocenters. The number of fused-ring (bicyclic) bond motifs is 1. The van der Waals surface area contributed by atoms with E-state index in [0.29, 0.717) is 6.42 Å². The highest BCUT2D eigenvalue weighted by molar-refractivity contribution is 7.18. The molecule has 1 aliphatic carbocycles. The van der Waals surface area contributed by atoms with Crippen LogP contribution in [0.3, 0.4) is 0 Å². The molecule has 0 saturated heterocycles. The highest BCUT2D eigenvalue weighted by Gasteiger charge is 2.26. The van der Waals surface area contributed by atoms with E-state index in [4.69, 9.17) is 5.26 Å². The Morgan fingerprint density at radius 3 is 3.07 bits per heavy atom. The maximum atomic E-state index is 8.63. The zero-order valence-corrected chi connectivity index (χ0v) is 9.05. The summed E-state index contributed by atoms with van der Waals surface area (Å²) in [4.78, 5) is 4.61. The van der Waals surface area contributed by atoms with E-state index in [9.17, 15) is 0 Å². The van der Waals surface area contributed by atoms with E-state index in [2.05, 4.69) is 17.1 Å². The van der Waals surface area contributed by atoms with Crippen molar-refractivity contribution in [3.63, 3.8) is 0 Å². The third kappa shape index (κ3) is 1.62. The van der Waals surface area contributed by atoms with Crippen molar-refractivity contribution in [2.45, 2.75) is 25.2 Å². The van der Waals surface area contributed by atoms with Crippen LogP contribution in [0.5, 0.6) is 0 Å².